The van der Waals surface area contributed by atoms with Crippen molar-refractivity contribution in [3.63, 3.8) is 0 Å². The average molecular weight is 418 g/mol. The summed E-state index contributed by atoms with van der Waals surface area (Å²) in [7, 11) is 0. The minimum Gasteiger partial charge on any atom is -0.463 e. The topological polar surface area (TPSA) is 117 Å². The minimum absolute atomic E-state index is 0.110. The van der Waals surface area contributed by atoms with Gasteiger partial charge in [0, 0.05) is 0 Å². The van der Waals surface area contributed by atoms with Crippen LogP contribution in [0, 0.1) is 5.82 Å². The van der Waals surface area contributed by atoms with E-state index in [9.17, 15) is 23.6 Å². The van der Waals surface area contributed by atoms with Gasteiger partial charge in [0.05, 0.1) is 30.5 Å². The quantitative estimate of drug-likeness (QED) is 0.478. The van der Waals surface area contributed by atoms with Gasteiger partial charge in [-0.15, -0.1) is 0 Å². The number of carbonyl (C=O) groups is 4. The molecule has 2 heterocycles. The zero-order valence-electron chi connectivity index (χ0n) is 16.9. The van der Waals surface area contributed by atoms with Crippen molar-refractivity contribution < 1.29 is 28.3 Å². The van der Waals surface area contributed by atoms with E-state index in [1.807, 2.05) is 0 Å². The van der Waals surface area contributed by atoms with Gasteiger partial charge in [-0.25, -0.2) is 18.8 Å². The molecule has 0 aromatic heterocycles. The van der Waals surface area contributed by atoms with Crippen LogP contribution in [-0.2, 0) is 19.9 Å². The smallest absolute Gasteiger partial charge is 0.337 e. The molecule has 1 aromatic carbocycles. The number of halogens is 1. The normalized spacial score (nSPS) is 23.8. The van der Waals surface area contributed by atoms with Crippen LogP contribution >= 0.6 is 0 Å². The third kappa shape index (κ3) is 3.60. The maximum Gasteiger partial charge on any atom is 0.337 e. The van der Waals surface area contributed by atoms with Gasteiger partial charge >= 0.3 is 18.0 Å². The lowest BCUT2D eigenvalue weighted by Crippen LogP contribution is -2.52. The number of amides is 5. The lowest BCUT2D eigenvalue weighted by Gasteiger charge is -2.29. The van der Waals surface area contributed by atoms with E-state index in [-0.39, 0.29) is 30.8 Å². The first-order chi connectivity index (χ1) is 14.2. The molecule has 9 nitrogen and oxygen atoms in total. The van der Waals surface area contributed by atoms with Crippen molar-refractivity contribution in [2.45, 2.75) is 38.8 Å². The summed E-state index contributed by atoms with van der Waals surface area (Å²) in [4.78, 5) is 51.2. The molecule has 3 rings (SSSR count). The number of carbonyl (C=O) groups excluding carboxylic acids is 4. The molecule has 10 heteroatoms. The number of nitrogens with zero attached hydrogens (tertiary/aromatic N) is 1. The predicted molar refractivity (Wildman–Crippen MR) is 103 cm³/mol. The first-order valence-electron chi connectivity index (χ1n) is 9.61. The maximum atomic E-state index is 13.3. The lowest BCUT2D eigenvalue weighted by molar-refractivity contribution is -0.139. The molecule has 1 fully saturated rings. The number of urea groups is 2. The van der Waals surface area contributed by atoms with Crippen LogP contribution in [0.25, 0.3) is 0 Å². The van der Waals surface area contributed by atoms with E-state index in [0.717, 1.165) is 4.90 Å². The molecule has 1 saturated heterocycles. The van der Waals surface area contributed by atoms with E-state index < -0.39 is 41.3 Å². The molecule has 1 aromatic rings. The van der Waals surface area contributed by atoms with Crippen molar-refractivity contribution in [1.29, 1.82) is 0 Å². The summed E-state index contributed by atoms with van der Waals surface area (Å²) in [5.74, 6) is -1.67. The number of ether oxygens (including phenoxy) is 1. The monoisotopic (exact) mass is 418 g/mol. The van der Waals surface area contributed by atoms with E-state index >= 15 is 0 Å². The van der Waals surface area contributed by atoms with Gasteiger partial charge in [-0.2, -0.15) is 0 Å². The van der Waals surface area contributed by atoms with Crippen LogP contribution < -0.4 is 16.0 Å². The van der Waals surface area contributed by atoms with Crippen molar-refractivity contribution in [2.24, 2.45) is 0 Å². The summed E-state index contributed by atoms with van der Waals surface area (Å²) in [6.45, 7) is 4.78. The van der Waals surface area contributed by atoms with Crippen molar-refractivity contribution >= 4 is 23.9 Å². The zero-order valence-corrected chi connectivity index (χ0v) is 16.9. The molecule has 2 aliphatic heterocycles. The predicted octanol–water partition coefficient (Wildman–Crippen LogP) is 1.50. The Morgan fingerprint density at radius 1 is 1.20 bits per heavy atom. The van der Waals surface area contributed by atoms with E-state index in [4.69, 9.17) is 4.74 Å². The highest BCUT2D eigenvalue weighted by Gasteiger charge is 2.51. The van der Waals surface area contributed by atoms with E-state index in [1.54, 1.807) is 20.8 Å². The highest BCUT2D eigenvalue weighted by atomic mass is 19.1. The van der Waals surface area contributed by atoms with Crippen molar-refractivity contribution in [3.05, 3.63) is 46.9 Å². The molecule has 160 valence electrons. The van der Waals surface area contributed by atoms with E-state index in [1.165, 1.54) is 24.3 Å². The summed E-state index contributed by atoms with van der Waals surface area (Å²) < 4.78 is 18.4. The van der Waals surface area contributed by atoms with Gasteiger partial charge in [0.1, 0.15) is 11.4 Å². The van der Waals surface area contributed by atoms with E-state index in [2.05, 4.69) is 16.0 Å². The molecule has 0 bridgehead atoms. The van der Waals surface area contributed by atoms with Gasteiger partial charge in [-0.05, 0) is 38.0 Å². The second-order valence-corrected chi connectivity index (χ2v) is 7.02. The number of benzene rings is 1. The van der Waals surface area contributed by atoms with Gasteiger partial charge in [0.25, 0.3) is 5.91 Å². The van der Waals surface area contributed by atoms with Crippen LogP contribution in [0.1, 0.15) is 32.8 Å². The molecule has 30 heavy (non-hydrogen) atoms. The van der Waals surface area contributed by atoms with Gasteiger partial charge in [-0.3, -0.25) is 9.69 Å². The number of hydrogen-bond donors (Lipinski definition) is 3. The number of esters is 1. The summed E-state index contributed by atoms with van der Waals surface area (Å²) in [5, 5.41) is 7.74. The number of hydrogen-bond acceptors (Lipinski definition) is 5. The van der Waals surface area contributed by atoms with Crippen molar-refractivity contribution in [2.75, 3.05) is 13.2 Å². The Hall–Kier alpha value is -3.43. The molecule has 3 N–H and O–H groups in total. The molecule has 0 saturated carbocycles. The van der Waals surface area contributed by atoms with Crippen LogP contribution in [0.2, 0.25) is 0 Å². The number of nitrogens with one attached hydrogen (secondary N) is 3. The van der Waals surface area contributed by atoms with Gasteiger partial charge in [0.15, 0.2) is 0 Å². The Bertz CT molecular complexity index is 930. The number of rotatable bonds is 6. The summed E-state index contributed by atoms with van der Waals surface area (Å²) >= 11 is 0. The third-order valence-corrected chi connectivity index (χ3v) is 5.22. The Morgan fingerprint density at radius 3 is 2.47 bits per heavy atom. The summed E-state index contributed by atoms with van der Waals surface area (Å²) in [5.41, 5.74) is -0.681. The molecular formula is C20H23FN4O5. The Balaban J connectivity index is 1.97. The molecular weight excluding hydrogens is 395 g/mol. The first kappa shape index (κ1) is 21.3. The van der Waals surface area contributed by atoms with Gasteiger partial charge in [-0.1, -0.05) is 19.1 Å². The fourth-order valence-electron chi connectivity index (χ4n) is 3.71. The fourth-order valence-corrected chi connectivity index (χ4v) is 3.71. The molecule has 0 spiro atoms. The SMILES string of the molecule is CCOC(=O)C1=C(CN2C(=O)N[C@@](CC)(c3ccc(F)cc3)C2=O)NC(=O)N[C@@H]1C. The zero-order chi connectivity index (χ0) is 22.1. The van der Waals surface area contributed by atoms with Gasteiger partial charge in [0.2, 0.25) is 0 Å². The van der Waals surface area contributed by atoms with Crippen LogP contribution in [-0.4, -0.2) is 48.0 Å². The Morgan fingerprint density at radius 2 is 1.87 bits per heavy atom. The fraction of sp³-hybridized carbons (Fsp3) is 0.400. The maximum absolute atomic E-state index is 13.3. The first-order valence-corrected chi connectivity index (χ1v) is 9.61. The largest absolute Gasteiger partial charge is 0.463 e. The Kier molecular flexibility index (Phi) is 5.77. The molecule has 2 atom stereocenters. The third-order valence-electron chi connectivity index (χ3n) is 5.22. The van der Waals surface area contributed by atoms with Crippen LogP contribution in [0.15, 0.2) is 35.5 Å². The van der Waals surface area contributed by atoms with Crippen LogP contribution in [0.5, 0.6) is 0 Å². The van der Waals surface area contributed by atoms with Crippen molar-refractivity contribution in [1.82, 2.24) is 20.9 Å². The molecule has 0 aliphatic carbocycles. The summed E-state index contributed by atoms with van der Waals surface area (Å²) in [6.07, 6.45) is 0.230. The standard InChI is InChI=1S/C20H23FN4O5/c1-4-20(12-6-8-13(21)9-7-12)17(27)25(19(29)24-20)10-14-15(16(26)30-5-2)11(3)22-18(28)23-14/h6-9,11H,4-5,10H2,1-3H3,(H,24,29)(H2,22,23,28)/t11-,20+/m1/s1. The van der Waals surface area contributed by atoms with Gasteiger partial charge < -0.3 is 20.7 Å². The number of imide groups is 1. The van der Waals surface area contributed by atoms with Crippen molar-refractivity contribution in [3.8, 4) is 0 Å². The highest BCUT2D eigenvalue weighted by Crippen LogP contribution is 2.33. The second kappa shape index (κ2) is 8.13. The molecule has 2 aliphatic rings. The second-order valence-electron chi connectivity index (χ2n) is 7.02. The Labute approximate surface area is 172 Å². The minimum atomic E-state index is -1.36. The summed E-state index contributed by atoms with van der Waals surface area (Å²) in [6, 6.07) is 3.41. The molecule has 0 unspecified atom stereocenters. The molecule has 0 radical (unpaired) electrons. The van der Waals surface area contributed by atoms with Crippen LogP contribution in [0.3, 0.4) is 0 Å². The average Bonchev–Trinajstić information content (AvgIpc) is 2.93. The molecule has 5 amide bonds. The van der Waals surface area contributed by atoms with Crippen LogP contribution in [0.4, 0.5) is 14.0 Å². The highest BCUT2D eigenvalue weighted by molar-refractivity contribution is 6.08. The van der Waals surface area contributed by atoms with E-state index in [0.29, 0.717) is 5.56 Å². The lowest BCUT2D eigenvalue weighted by atomic mass is 9.87.